The van der Waals surface area contributed by atoms with Gasteiger partial charge in [0.25, 0.3) is 0 Å². The molecule has 0 spiro atoms. The van der Waals surface area contributed by atoms with Crippen molar-refractivity contribution >= 4 is 28.8 Å². The maximum Gasteiger partial charge on any atom is 0.359 e. The Morgan fingerprint density at radius 3 is 2.48 bits per heavy atom. The number of ether oxygens (including phenoxy) is 2. The van der Waals surface area contributed by atoms with E-state index in [0.717, 1.165) is 24.9 Å². The number of hydrogen-bond donors (Lipinski definition) is 0. The Bertz CT molecular complexity index is 1050. The summed E-state index contributed by atoms with van der Waals surface area (Å²) < 4.78 is 13.1. The minimum absolute atomic E-state index is 0.158. The maximum absolute atomic E-state index is 12.6. The van der Waals surface area contributed by atoms with Crippen LogP contribution in [-0.4, -0.2) is 45.2 Å². The smallest absolute Gasteiger partial charge is 0.359 e. The lowest BCUT2D eigenvalue weighted by Crippen LogP contribution is -2.09. The van der Waals surface area contributed by atoms with E-state index in [9.17, 15) is 4.79 Å². The molecule has 0 saturated heterocycles. The molecule has 0 aliphatic rings. The van der Waals surface area contributed by atoms with Crippen LogP contribution in [0.5, 0.6) is 5.88 Å². The van der Waals surface area contributed by atoms with Crippen molar-refractivity contribution in [2.75, 3.05) is 19.5 Å². The first-order valence-electron chi connectivity index (χ1n) is 11.5. The predicted molar refractivity (Wildman–Crippen MR) is 132 cm³/mol. The zero-order valence-electron chi connectivity index (χ0n) is 19.5. The number of hydrogen-bond acceptors (Lipinski definition) is 7. The van der Waals surface area contributed by atoms with Crippen molar-refractivity contribution in [2.45, 2.75) is 57.0 Å². The third-order valence-corrected chi connectivity index (χ3v) is 5.70. The minimum atomic E-state index is -0.513. The first kappa shape index (κ1) is 24.8. The fourth-order valence-electron chi connectivity index (χ4n) is 3.50. The number of carbonyl (C=O) groups is 1. The molecular formula is C25H32N4O3S. The van der Waals surface area contributed by atoms with Crippen LogP contribution >= 0.6 is 11.8 Å². The molecule has 176 valence electrons. The lowest BCUT2D eigenvalue weighted by Gasteiger charge is -2.09. The zero-order chi connectivity index (χ0) is 23.5. The molecule has 0 unspecified atom stereocenters. The third-order valence-electron chi connectivity index (χ3n) is 5.15. The monoisotopic (exact) mass is 468 g/mol. The molecule has 3 rings (SSSR count). The molecule has 0 N–H and O–H groups in total. The van der Waals surface area contributed by atoms with Crippen LogP contribution in [0.4, 0.5) is 0 Å². The van der Waals surface area contributed by atoms with Gasteiger partial charge >= 0.3 is 5.97 Å². The van der Waals surface area contributed by atoms with Gasteiger partial charge in [0.1, 0.15) is 5.52 Å². The Hall–Kier alpha value is -2.87. The normalized spacial score (nSPS) is 11.0. The highest BCUT2D eigenvalue weighted by molar-refractivity contribution is 7.98. The van der Waals surface area contributed by atoms with Gasteiger partial charge in [0, 0.05) is 0 Å². The van der Waals surface area contributed by atoms with Gasteiger partial charge in [0.15, 0.2) is 16.4 Å². The van der Waals surface area contributed by atoms with Gasteiger partial charge < -0.3 is 9.47 Å². The van der Waals surface area contributed by atoms with E-state index in [1.165, 1.54) is 37.4 Å². The van der Waals surface area contributed by atoms with Crippen LogP contribution in [0.3, 0.4) is 0 Å². The van der Waals surface area contributed by atoms with Gasteiger partial charge in [0.05, 0.1) is 18.9 Å². The van der Waals surface area contributed by atoms with Gasteiger partial charge in [0.2, 0.25) is 5.88 Å². The number of esters is 1. The Kier molecular flexibility index (Phi) is 9.75. The largest absolute Gasteiger partial charge is 0.476 e. The molecule has 3 aromatic rings. The van der Waals surface area contributed by atoms with Gasteiger partial charge in [-0.2, -0.15) is 9.78 Å². The highest BCUT2D eigenvalue weighted by Crippen LogP contribution is 2.31. The Labute approximate surface area is 199 Å². The molecule has 0 aliphatic heterocycles. The standard InChI is InChI=1S/C25H32N4O3S/c1-4-6-7-8-9-10-11-15-18-32-23-21-20(28-29(23)19-16-13-12-14-17-19)22(24(30)31-5-2)27-25(26-21)33-3/h4,12-14,16-17H,1,5-11,15,18H2,2-3H3. The Morgan fingerprint density at radius 2 is 1.79 bits per heavy atom. The van der Waals surface area contributed by atoms with Gasteiger partial charge in [-0.05, 0) is 44.6 Å². The van der Waals surface area contributed by atoms with Crippen LogP contribution in [0.25, 0.3) is 16.7 Å². The van der Waals surface area contributed by atoms with Crippen molar-refractivity contribution in [3.8, 4) is 11.6 Å². The SMILES string of the molecule is C=CCCCCCCCCOc1c2nc(SC)nc(C(=O)OCC)c2nn1-c1ccccc1. The molecule has 2 aromatic heterocycles. The summed E-state index contributed by atoms with van der Waals surface area (Å²) in [5.41, 5.74) is 1.89. The summed E-state index contributed by atoms with van der Waals surface area (Å²) in [4.78, 5) is 21.6. The molecule has 0 bridgehead atoms. The molecule has 0 atom stereocenters. The van der Waals surface area contributed by atoms with Gasteiger partial charge in [-0.3, -0.25) is 0 Å². The summed E-state index contributed by atoms with van der Waals surface area (Å²) in [7, 11) is 0. The third kappa shape index (κ3) is 6.57. The molecule has 0 aliphatic carbocycles. The lowest BCUT2D eigenvalue weighted by molar-refractivity contribution is 0.0520. The molecular weight excluding hydrogens is 436 g/mol. The van der Waals surface area contributed by atoms with Crippen molar-refractivity contribution in [2.24, 2.45) is 0 Å². The fraction of sp³-hybridized carbons (Fsp3) is 0.440. The van der Waals surface area contributed by atoms with E-state index in [0.29, 0.717) is 28.7 Å². The lowest BCUT2D eigenvalue weighted by atomic mass is 10.1. The van der Waals surface area contributed by atoms with E-state index in [1.54, 1.807) is 11.6 Å². The number of fused-ring (bicyclic) bond motifs is 1. The van der Waals surface area contributed by atoms with Crippen molar-refractivity contribution in [1.29, 1.82) is 0 Å². The number of rotatable bonds is 14. The van der Waals surface area contributed by atoms with Gasteiger partial charge in [-0.15, -0.1) is 6.58 Å². The molecule has 0 fully saturated rings. The minimum Gasteiger partial charge on any atom is -0.476 e. The summed E-state index contributed by atoms with van der Waals surface area (Å²) in [6.45, 7) is 6.34. The molecule has 1 aromatic carbocycles. The van der Waals surface area contributed by atoms with Crippen molar-refractivity contribution in [3.63, 3.8) is 0 Å². The zero-order valence-corrected chi connectivity index (χ0v) is 20.3. The highest BCUT2D eigenvalue weighted by atomic mass is 32.2. The van der Waals surface area contributed by atoms with E-state index in [2.05, 4.69) is 21.6 Å². The Balaban J connectivity index is 1.84. The van der Waals surface area contributed by atoms with Crippen molar-refractivity contribution in [3.05, 3.63) is 48.7 Å². The number of benzene rings is 1. The predicted octanol–water partition coefficient (Wildman–Crippen LogP) is 6.01. The molecule has 0 saturated carbocycles. The topological polar surface area (TPSA) is 79.1 Å². The number of nitrogens with zero attached hydrogens (tertiary/aromatic N) is 4. The highest BCUT2D eigenvalue weighted by Gasteiger charge is 2.24. The second kappa shape index (κ2) is 13.0. The van der Waals surface area contributed by atoms with E-state index in [4.69, 9.17) is 9.47 Å². The first-order chi connectivity index (χ1) is 16.2. The average Bonchev–Trinajstić information content (AvgIpc) is 3.21. The second-order valence-electron chi connectivity index (χ2n) is 7.58. The molecule has 2 heterocycles. The molecule has 7 nitrogen and oxygen atoms in total. The summed E-state index contributed by atoms with van der Waals surface area (Å²) in [6, 6.07) is 9.69. The average molecular weight is 469 g/mol. The number of aromatic nitrogens is 4. The van der Waals surface area contributed by atoms with Crippen molar-refractivity contribution in [1.82, 2.24) is 19.7 Å². The molecule has 33 heavy (non-hydrogen) atoms. The summed E-state index contributed by atoms with van der Waals surface area (Å²) in [5.74, 6) is 0.00588. The Morgan fingerprint density at radius 1 is 1.06 bits per heavy atom. The van der Waals surface area contributed by atoms with E-state index in [1.807, 2.05) is 42.7 Å². The van der Waals surface area contributed by atoms with Crippen LogP contribution in [0.1, 0.15) is 62.4 Å². The number of thioether (sulfide) groups is 1. The first-order valence-corrected chi connectivity index (χ1v) is 12.7. The summed E-state index contributed by atoms with van der Waals surface area (Å²) in [6.07, 6.45) is 11.8. The van der Waals surface area contributed by atoms with E-state index in [-0.39, 0.29) is 12.3 Å². The quantitative estimate of drug-likeness (QED) is 0.0942. The number of para-hydroxylation sites is 1. The van der Waals surface area contributed by atoms with Gasteiger partial charge in [-0.1, -0.05) is 61.7 Å². The van der Waals surface area contributed by atoms with E-state index < -0.39 is 5.97 Å². The van der Waals surface area contributed by atoms with Gasteiger partial charge in [-0.25, -0.2) is 14.8 Å². The van der Waals surface area contributed by atoms with E-state index >= 15 is 0 Å². The van der Waals surface area contributed by atoms with Crippen LogP contribution in [0, 0.1) is 0 Å². The second-order valence-corrected chi connectivity index (χ2v) is 8.35. The van der Waals surface area contributed by atoms with Crippen LogP contribution in [0.15, 0.2) is 48.1 Å². The number of allylic oxidation sites excluding steroid dienone is 1. The van der Waals surface area contributed by atoms with Crippen LogP contribution < -0.4 is 4.74 Å². The maximum atomic E-state index is 12.6. The molecule has 0 radical (unpaired) electrons. The number of carbonyl (C=O) groups excluding carboxylic acids is 1. The summed E-state index contributed by atoms with van der Waals surface area (Å²) >= 11 is 1.36. The fourth-order valence-corrected chi connectivity index (χ4v) is 3.86. The number of unbranched alkanes of at least 4 members (excludes halogenated alkanes) is 6. The molecule has 8 heteroatoms. The van der Waals surface area contributed by atoms with Crippen molar-refractivity contribution < 1.29 is 14.3 Å². The van der Waals surface area contributed by atoms with Crippen LogP contribution in [0.2, 0.25) is 0 Å². The summed E-state index contributed by atoms with van der Waals surface area (Å²) in [5, 5.41) is 5.14. The molecule has 0 amide bonds. The van der Waals surface area contributed by atoms with Crippen LogP contribution in [-0.2, 0) is 4.74 Å².